The minimum atomic E-state index is 0.896. The summed E-state index contributed by atoms with van der Waals surface area (Å²) in [5, 5.41) is 0. The summed E-state index contributed by atoms with van der Waals surface area (Å²) in [5.41, 5.74) is 4.11. The first-order valence-corrected chi connectivity index (χ1v) is 3.60. The van der Waals surface area contributed by atoms with E-state index in [-0.39, 0.29) is 0 Å². The summed E-state index contributed by atoms with van der Waals surface area (Å²) in [6.07, 6.45) is 0.896. The largest absolute Gasteiger partial charge is 0.0617 e. The first-order chi connectivity index (χ1) is 4.75. The van der Waals surface area contributed by atoms with Gasteiger partial charge < -0.3 is 0 Å². The second-order valence-corrected chi connectivity index (χ2v) is 2.61. The normalized spacial score (nSPS) is 9.90. The highest BCUT2D eigenvalue weighted by atomic mass is 14.0. The highest BCUT2D eigenvalue weighted by Crippen LogP contribution is 2.12. The Hall–Kier alpha value is -0.780. The van der Waals surface area contributed by atoms with Crippen molar-refractivity contribution in [2.45, 2.75) is 20.3 Å². The van der Waals surface area contributed by atoms with Gasteiger partial charge in [0, 0.05) is 0 Å². The van der Waals surface area contributed by atoms with E-state index in [1.165, 1.54) is 16.7 Å². The fourth-order valence-corrected chi connectivity index (χ4v) is 1.08. The van der Waals surface area contributed by atoms with Gasteiger partial charge in [-0.05, 0) is 43.9 Å². The first kappa shape index (κ1) is 7.33. The van der Waals surface area contributed by atoms with Crippen LogP contribution in [-0.2, 0) is 6.42 Å². The summed E-state index contributed by atoms with van der Waals surface area (Å²) >= 11 is 0. The van der Waals surface area contributed by atoms with Crippen molar-refractivity contribution in [3.8, 4) is 0 Å². The molecule has 0 spiro atoms. The second-order valence-electron chi connectivity index (χ2n) is 2.61. The van der Waals surface area contributed by atoms with Crippen LogP contribution in [0.1, 0.15) is 16.7 Å². The Kier molecular flexibility index (Phi) is 2.10. The van der Waals surface area contributed by atoms with Gasteiger partial charge in [-0.2, -0.15) is 0 Å². The fraction of sp³-hybridized carbons (Fsp3) is 0.300. The van der Waals surface area contributed by atoms with Crippen molar-refractivity contribution in [1.82, 2.24) is 0 Å². The van der Waals surface area contributed by atoms with Crippen LogP contribution in [0.15, 0.2) is 18.2 Å². The van der Waals surface area contributed by atoms with Crippen molar-refractivity contribution in [2.24, 2.45) is 0 Å². The third kappa shape index (κ3) is 1.21. The van der Waals surface area contributed by atoms with Gasteiger partial charge in [-0.3, -0.25) is 0 Å². The molecule has 0 bridgehead atoms. The molecule has 0 aliphatic heterocycles. The molecule has 0 amide bonds. The molecule has 1 aromatic carbocycles. The third-order valence-electron chi connectivity index (χ3n) is 1.99. The summed E-state index contributed by atoms with van der Waals surface area (Å²) in [7, 11) is 0. The molecule has 0 heteroatoms. The number of rotatable bonds is 1. The van der Waals surface area contributed by atoms with E-state index in [2.05, 4.69) is 39.0 Å². The van der Waals surface area contributed by atoms with Crippen molar-refractivity contribution in [3.05, 3.63) is 41.8 Å². The van der Waals surface area contributed by atoms with Crippen molar-refractivity contribution >= 4 is 0 Å². The van der Waals surface area contributed by atoms with Gasteiger partial charge in [-0.15, -0.1) is 0 Å². The zero-order valence-corrected chi connectivity index (χ0v) is 6.65. The SMILES string of the molecule is [CH2]Cc1cccc(C)c1C. The molecule has 53 valence electrons. The average Bonchev–Trinajstić information content (AvgIpc) is 1.95. The van der Waals surface area contributed by atoms with E-state index >= 15 is 0 Å². The molecule has 0 nitrogen and oxygen atoms in total. The van der Waals surface area contributed by atoms with Gasteiger partial charge in [0.1, 0.15) is 0 Å². The van der Waals surface area contributed by atoms with Crippen LogP contribution in [0.25, 0.3) is 0 Å². The van der Waals surface area contributed by atoms with Crippen LogP contribution in [0.2, 0.25) is 0 Å². The van der Waals surface area contributed by atoms with Gasteiger partial charge in [-0.25, -0.2) is 0 Å². The van der Waals surface area contributed by atoms with Crippen LogP contribution in [0.3, 0.4) is 0 Å². The Morgan fingerprint density at radius 3 is 2.50 bits per heavy atom. The van der Waals surface area contributed by atoms with Crippen LogP contribution < -0.4 is 0 Å². The third-order valence-corrected chi connectivity index (χ3v) is 1.99. The Morgan fingerprint density at radius 2 is 2.00 bits per heavy atom. The number of hydrogen-bond acceptors (Lipinski definition) is 0. The molecular weight excluding hydrogens is 120 g/mol. The summed E-state index contributed by atoms with van der Waals surface area (Å²) in [5.74, 6) is 0. The van der Waals surface area contributed by atoms with Gasteiger partial charge >= 0.3 is 0 Å². The molecular formula is C10H13. The molecule has 0 fully saturated rings. The molecule has 0 saturated carbocycles. The molecule has 0 aliphatic carbocycles. The standard InChI is InChI=1S/C10H13/c1-4-10-7-5-6-8(2)9(10)3/h5-7H,1,4H2,2-3H3. The van der Waals surface area contributed by atoms with E-state index < -0.39 is 0 Å². The molecule has 1 rings (SSSR count). The lowest BCUT2D eigenvalue weighted by molar-refractivity contribution is 1.18. The number of benzene rings is 1. The van der Waals surface area contributed by atoms with Crippen molar-refractivity contribution in [3.63, 3.8) is 0 Å². The van der Waals surface area contributed by atoms with Gasteiger partial charge in [0.05, 0.1) is 0 Å². The molecule has 0 unspecified atom stereocenters. The van der Waals surface area contributed by atoms with Gasteiger partial charge in [0.2, 0.25) is 0 Å². The van der Waals surface area contributed by atoms with Crippen molar-refractivity contribution in [1.29, 1.82) is 0 Å². The first-order valence-electron chi connectivity index (χ1n) is 3.60. The van der Waals surface area contributed by atoms with Crippen LogP contribution >= 0.6 is 0 Å². The van der Waals surface area contributed by atoms with Crippen LogP contribution in [-0.4, -0.2) is 0 Å². The zero-order valence-electron chi connectivity index (χ0n) is 6.65. The highest BCUT2D eigenvalue weighted by molar-refractivity contribution is 5.33. The topological polar surface area (TPSA) is 0 Å². The average molecular weight is 133 g/mol. The molecule has 0 aromatic heterocycles. The fourth-order valence-electron chi connectivity index (χ4n) is 1.08. The molecule has 0 atom stereocenters. The van der Waals surface area contributed by atoms with E-state index in [1.54, 1.807) is 0 Å². The van der Waals surface area contributed by atoms with Gasteiger partial charge in [-0.1, -0.05) is 18.2 Å². The van der Waals surface area contributed by atoms with Crippen LogP contribution in [0, 0.1) is 20.8 Å². The maximum absolute atomic E-state index is 3.86. The predicted octanol–water partition coefficient (Wildman–Crippen LogP) is 2.68. The second kappa shape index (κ2) is 2.87. The molecule has 1 aromatic rings. The van der Waals surface area contributed by atoms with Crippen LogP contribution in [0.4, 0.5) is 0 Å². The molecule has 0 heterocycles. The smallest absolute Gasteiger partial charge is 0.0276 e. The summed E-state index contributed by atoms with van der Waals surface area (Å²) in [6.45, 7) is 8.14. The maximum atomic E-state index is 3.86. The molecule has 1 radical (unpaired) electrons. The summed E-state index contributed by atoms with van der Waals surface area (Å²) < 4.78 is 0. The van der Waals surface area contributed by atoms with Crippen LogP contribution in [0.5, 0.6) is 0 Å². The van der Waals surface area contributed by atoms with Gasteiger partial charge in [0.15, 0.2) is 0 Å². The molecule has 0 N–H and O–H groups in total. The lowest BCUT2D eigenvalue weighted by Gasteiger charge is -2.04. The quantitative estimate of drug-likeness (QED) is 0.552. The van der Waals surface area contributed by atoms with E-state index in [1.807, 2.05) is 0 Å². The van der Waals surface area contributed by atoms with Crippen molar-refractivity contribution < 1.29 is 0 Å². The predicted molar refractivity (Wildman–Crippen MR) is 45.0 cm³/mol. The van der Waals surface area contributed by atoms with Gasteiger partial charge in [0.25, 0.3) is 0 Å². The Bertz CT molecular complexity index is 223. The van der Waals surface area contributed by atoms with E-state index in [0.717, 1.165) is 6.42 Å². The zero-order chi connectivity index (χ0) is 7.56. The summed E-state index contributed by atoms with van der Waals surface area (Å²) in [4.78, 5) is 0. The Balaban J connectivity index is 3.14. The molecule has 0 saturated heterocycles. The minimum absolute atomic E-state index is 0.896. The van der Waals surface area contributed by atoms with E-state index in [4.69, 9.17) is 0 Å². The van der Waals surface area contributed by atoms with Crippen molar-refractivity contribution in [2.75, 3.05) is 0 Å². The maximum Gasteiger partial charge on any atom is -0.0276 e. The lowest BCUT2D eigenvalue weighted by atomic mass is 10.0. The molecule has 10 heavy (non-hydrogen) atoms. The van der Waals surface area contributed by atoms with E-state index in [9.17, 15) is 0 Å². The molecule has 0 aliphatic rings. The number of aryl methyl sites for hydroxylation is 1. The Labute approximate surface area is 62.9 Å². The summed E-state index contributed by atoms with van der Waals surface area (Å²) in [6, 6.07) is 6.35. The minimum Gasteiger partial charge on any atom is -0.0617 e. The Morgan fingerprint density at radius 1 is 1.30 bits per heavy atom. The number of hydrogen-bond donors (Lipinski definition) is 0. The highest BCUT2D eigenvalue weighted by Gasteiger charge is 1.95. The monoisotopic (exact) mass is 133 g/mol. The van der Waals surface area contributed by atoms with E-state index in [0.29, 0.717) is 0 Å². The lowest BCUT2D eigenvalue weighted by Crippen LogP contribution is -1.88.